The quantitative estimate of drug-likeness (QED) is 0.349. The van der Waals surface area contributed by atoms with Crippen molar-refractivity contribution < 1.29 is 22.7 Å². The van der Waals surface area contributed by atoms with Crippen molar-refractivity contribution in [2.45, 2.75) is 51.0 Å². The summed E-state index contributed by atoms with van der Waals surface area (Å²) in [4.78, 5) is 17.2. The van der Waals surface area contributed by atoms with Crippen LogP contribution in [-0.2, 0) is 36.1 Å². The van der Waals surface area contributed by atoms with Crippen molar-refractivity contribution in [2.75, 3.05) is 46.5 Å². The van der Waals surface area contributed by atoms with Crippen molar-refractivity contribution >= 4 is 27.5 Å². The number of aromatic nitrogens is 2. The first-order valence-corrected chi connectivity index (χ1v) is 17.0. The van der Waals surface area contributed by atoms with Crippen LogP contribution in [0.4, 0.5) is 4.39 Å². The highest BCUT2D eigenvalue weighted by Crippen LogP contribution is 2.33. The molecule has 1 fully saturated rings. The van der Waals surface area contributed by atoms with E-state index in [2.05, 4.69) is 29.2 Å². The standard InChI is InChI=1S/C31H40ClFN6O4S/c1-36(2)25-10-13-37(14-11-25)18-26(40)19-39-29-12-15-38(44(3,42)43)20-27(29)30(35-39)22-6-9-28(32)23(16-22)17-34-31(41)21-4-7-24(33)8-5-21/h4-9,16,25-26,40H,10-15,17-20H2,1-3H3,(H,34,41). The van der Waals surface area contributed by atoms with Crippen LogP contribution in [0.2, 0.25) is 5.02 Å². The fourth-order valence-corrected chi connectivity index (χ4v) is 7.01. The van der Waals surface area contributed by atoms with E-state index < -0.39 is 21.9 Å². The predicted molar refractivity (Wildman–Crippen MR) is 168 cm³/mol. The Bertz CT molecular complexity index is 1590. The third kappa shape index (κ3) is 7.67. The second-order valence-electron chi connectivity index (χ2n) is 11.9. The number of likely N-dealkylation sites (tertiary alicyclic amines) is 1. The number of piperidine rings is 1. The summed E-state index contributed by atoms with van der Waals surface area (Å²) in [7, 11) is 0.778. The van der Waals surface area contributed by atoms with E-state index in [1.165, 1.54) is 34.8 Å². The molecule has 3 aromatic rings. The molecule has 0 radical (unpaired) electrons. The zero-order chi connectivity index (χ0) is 31.6. The highest BCUT2D eigenvalue weighted by molar-refractivity contribution is 7.88. The van der Waals surface area contributed by atoms with Crippen molar-refractivity contribution in [1.29, 1.82) is 0 Å². The van der Waals surface area contributed by atoms with E-state index in [1.54, 1.807) is 6.07 Å². The van der Waals surface area contributed by atoms with Gasteiger partial charge in [0.2, 0.25) is 10.0 Å². The third-order valence-corrected chi connectivity index (χ3v) is 10.2. The number of carbonyl (C=O) groups is 1. The Kier molecular flexibility index (Phi) is 10.1. The van der Waals surface area contributed by atoms with Crippen molar-refractivity contribution in [2.24, 2.45) is 0 Å². The smallest absolute Gasteiger partial charge is 0.251 e. The molecule has 0 aliphatic carbocycles. The highest BCUT2D eigenvalue weighted by Gasteiger charge is 2.31. The number of halogens is 2. The molecule has 2 aliphatic rings. The van der Waals surface area contributed by atoms with Crippen LogP contribution in [0.3, 0.4) is 0 Å². The molecule has 0 bridgehead atoms. The van der Waals surface area contributed by atoms with Gasteiger partial charge in [0.1, 0.15) is 5.82 Å². The van der Waals surface area contributed by atoms with Crippen molar-refractivity contribution in [3.05, 3.63) is 75.7 Å². The summed E-state index contributed by atoms with van der Waals surface area (Å²) in [6, 6.07) is 11.2. The molecule has 2 N–H and O–H groups in total. The molecule has 2 aromatic carbocycles. The molecule has 0 spiro atoms. The molecular formula is C31H40ClFN6O4S. The molecule has 0 saturated carbocycles. The van der Waals surface area contributed by atoms with Crippen LogP contribution < -0.4 is 5.32 Å². The van der Waals surface area contributed by atoms with Gasteiger partial charge in [0.05, 0.1) is 24.6 Å². The number of benzene rings is 2. The number of rotatable bonds is 10. The van der Waals surface area contributed by atoms with Crippen LogP contribution in [-0.4, -0.2) is 102 Å². The van der Waals surface area contributed by atoms with Gasteiger partial charge in [-0.25, -0.2) is 12.8 Å². The Morgan fingerprint density at radius 3 is 2.50 bits per heavy atom. The average Bonchev–Trinajstić information content (AvgIpc) is 3.34. The van der Waals surface area contributed by atoms with Gasteiger partial charge >= 0.3 is 0 Å². The largest absolute Gasteiger partial charge is 0.390 e. The second-order valence-corrected chi connectivity index (χ2v) is 14.3. The lowest BCUT2D eigenvalue weighted by Gasteiger charge is -2.36. The van der Waals surface area contributed by atoms with Crippen LogP contribution in [0.15, 0.2) is 42.5 Å². The van der Waals surface area contributed by atoms with Crippen LogP contribution in [0.5, 0.6) is 0 Å². The summed E-state index contributed by atoms with van der Waals surface area (Å²) >= 11 is 6.50. The molecule has 5 rings (SSSR count). The van der Waals surface area contributed by atoms with Gasteiger partial charge in [0.25, 0.3) is 5.91 Å². The number of sulfonamides is 1. The summed E-state index contributed by atoms with van der Waals surface area (Å²) in [5.41, 5.74) is 4.03. The SMILES string of the molecule is CN(C)C1CCN(CC(O)Cn2nc(-c3ccc(Cl)c(CNC(=O)c4ccc(F)cc4)c3)c3c2CCN(S(C)(=O)=O)C3)CC1. The van der Waals surface area contributed by atoms with Crippen LogP contribution in [0.25, 0.3) is 11.3 Å². The highest BCUT2D eigenvalue weighted by atomic mass is 35.5. The van der Waals surface area contributed by atoms with Gasteiger partial charge in [-0.3, -0.25) is 9.48 Å². The number of fused-ring (bicyclic) bond motifs is 1. The molecule has 1 atom stereocenters. The molecular weight excluding hydrogens is 607 g/mol. The average molecular weight is 647 g/mol. The van der Waals surface area contributed by atoms with Gasteiger partial charge < -0.3 is 20.2 Å². The van der Waals surface area contributed by atoms with E-state index in [0.29, 0.717) is 53.9 Å². The number of nitrogens with one attached hydrogen (secondary N) is 1. The Balaban J connectivity index is 1.37. The Morgan fingerprint density at radius 2 is 1.84 bits per heavy atom. The van der Waals surface area contributed by atoms with Gasteiger partial charge in [-0.1, -0.05) is 17.7 Å². The monoisotopic (exact) mass is 646 g/mol. The predicted octanol–water partition coefficient (Wildman–Crippen LogP) is 2.98. The number of amides is 1. The maximum absolute atomic E-state index is 13.3. The van der Waals surface area contributed by atoms with E-state index in [0.717, 1.165) is 42.8 Å². The Hall–Kier alpha value is -2.87. The number of aliphatic hydroxyl groups is 1. The van der Waals surface area contributed by atoms with E-state index in [9.17, 15) is 22.7 Å². The maximum atomic E-state index is 13.3. The molecule has 10 nitrogen and oxygen atoms in total. The van der Waals surface area contributed by atoms with Crippen molar-refractivity contribution in [3.63, 3.8) is 0 Å². The molecule has 238 valence electrons. The van der Waals surface area contributed by atoms with E-state index in [-0.39, 0.29) is 19.0 Å². The minimum absolute atomic E-state index is 0.129. The molecule has 1 unspecified atom stereocenters. The number of aliphatic hydroxyl groups excluding tert-OH is 1. The van der Waals surface area contributed by atoms with Crippen LogP contribution >= 0.6 is 11.6 Å². The number of hydrogen-bond acceptors (Lipinski definition) is 7. The number of hydrogen-bond donors (Lipinski definition) is 2. The van der Waals surface area contributed by atoms with Gasteiger partial charge in [0, 0.05) is 66.0 Å². The normalized spacial score (nSPS) is 17.5. The van der Waals surface area contributed by atoms with E-state index in [4.69, 9.17) is 16.7 Å². The molecule has 1 saturated heterocycles. The summed E-state index contributed by atoms with van der Waals surface area (Å²) in [5.74, 6) is -0.788. The van der Waals surface area contributed by atoms with Crippen LogP contribution in [0, 0.1) is 5.82 Å². The van der Waals surface area contributed by atoms with E-state index >= 15 is 0 Å². The van der Waals surface area contributed by atoms with Crippen molar-refractivity contribution in [1.82, 2.24) is 29.2 Å². The van der Waals surface area contributed by atoms with Crippen LogP contribution in [0.1, 0.15) is 40.0 Å². The maximum Gasteiger partial charge on any atom is 0.251 e. The lowest BCUT2D eigenvalue weighted by Crippen LogP contribution is -2.45. The summed E-state index contributed by atoms with van der Waals surface area (Å²) in [6.07, 6.45) is 3.16. The first-order chi connectivity index (χ1) is 20.9. The number of carbonyl (C=O) groups excluding carboxylic acids is 1. The lowest BCUT2D eigenvalue weighted by molar-refractivity contribution is 0.0681. The van der Waals surface area contributed by atoms with Crippen molar-refractivity contribution in [3.8, 4) is 11.3 Å². The summed E-state index contributed by atoms with van der Waals surface area (Å²) in [5, 5.41) is 19.3. The third-order valence-electron chi connectivity index (χ3n) is 8.57. The first-order valence-electron chi connectivity index (χ1n) is 14.8. The topological polar surface area (TPSA) is 111 Å². The lowest BCUT2D eigenvalue weighted by atomic mass is 10.0. The Morgan fingerprint density at radius 1 is 1.14 bits per heavy atom. The van der Waals surface area contributed by atoms with Gasteiger partial charge in [-0.15, -0.1) is 0 Å². The molecule has 2 aliphatic heterocycles. The van der Waals surface area contributed by atoms with Gasteiger partial charge in [0.15, 0.2) is 0 Å². The van der Waals surface area contributed by atoms with Gasteiger partial charge in [-0.05, 0) is 82.0 Å². The molecule has 1 aromatic heterocycles. The zero-order valence-corrected chi connectivity index (χ0v) is 26.9. The summed E-state index contributed by atoms with van der Waals surface area (Å²) < 4.78 is 41.5. The Labute approximate surface area is 263 Å². The second kappa shape index (κ2) is 13.6. The summed E-state index contributed by atoms with van der Waals surface area (Å²) in [6.45, 7) is 3.34. The molecule has 3 heterocycles. The molecule has 44 heavy (non-hydrogen) atoms. The van der Waals surface area contributed by atoms with Gasteiger partial charge in [-0.2, -0.15) is 9.40 Å². The minimum atomic E-state index is -3.43. The number of β-amino-alcohol motifs (C(OH)–C–C–N with tert-alkyl or cyclic N) is 1. The molecule has 13 heteroatoms. The number of nitrogens with zero attached hydrogens (tertiary/aromatic N) is 5. The zero-order valence-electron chi connectivity index (χ0n) is 25.3. The fourth-order valence-electron chi connectivity index (χ4n) is 6.04. The molecule has 1 amide bonds. The first kappa shape index (κ1) is 32.5. The fraction of sp³-hybridized carbons (Fsp3) is 0.484. The minimum Gasteiger partial charge on any atom is -0.390 e. The van der Waals surface area contributed by atoms with E-state index in [1.807, 2.05) is 16.8 Å².